The van der Waals surface area contributed by atoms with Crippen LogP contribution in [0, 0.1) is 5.92 Å². The van der Waals surface area contributed by atoms with Crippen molar-refractivity contribution < 1.29 is 9.59 Å². The Morgan fingerprint density at radius 2 is 1.76 bits per heavy atom. The van der Waals surface area contributed by atoms with Gasteiger partial charge in [-0.15, -0.1) is 0 Å². The van der Waals surface area contributed by atoms with Crippen LogP contribution < -0.4 is 0 Å². The molecule has 0 fully saturated rings. The van der Waals surface area contributed by atoms with Crippen LogP contribution in [0.1, 0.15) is 29.3 Å². The fraction of sp³-hybridized carbons (Fsp3) is 0.222. The number of hydrogen-bond donors (Lipinski definition) is 0. The van der Waals surface area contributed by atoms with Crippen molar-refractivity contribution in [2.24, 2.45) is 5.92 Å². The van der Waals surface area contributed by atoms with Gasteiger partial charge in [-0.2, -0.15) is 0 Å². The van der Waals surface area contributed by atoms with Crippen molar-refractivity contribution in [1.82, 2.24) is 0 Å². The van der Waals surface area contributed by atoms with Gasteiger partial charge in [0.1, 0.15) is 6.29 Å². The quantitative estimate of drug-likeness (QED) is 0.586. The van der Waals surface area contributed by atoms with Gasteiger partial charge in [-0.05, 0) is 36.2 Å². The van der Waals surface area contributed by atoms with E-state index in [1.54, 1.807) is 0 Å². The number of rotatable bonds is 6. The summed E-state index contributed by atoms with van der Waals surface area (Å²) in [6, 6.07) is 17.1. The van der Waals surface area contributed by atoms with Crippen molar-refractivity contribution in [3.63, 3.8) is 0 Å². The number of benzene rings is 2. The van der Waals surface area contributed by atoms with Crippen molar-refractivity contribution in [3.8, 4) is 0 Å². The molecule has 1 atom stereocenters. The summed E-state index contributed by atoms with van der Waals surface area (Å²) in [5.41, 5.74) is 1.76. The highest BCUT2D eigenvalue weighted by Crippen LogP contribution is 2.28. The standard InChI is InChI=1S/C18H18O2S/c1-2-14(13-19)12-16-10-6-7-11-17(16)21-18(20)15-8-4-3-5-9-15/h3-11,13-14H,2,12H2,1H3. The molecule has 0 aliphatic heterocycles. The van der Waals surface area contributed by atoms with Gasteiger partial charge in [0.2, 0.25) is 5.12 Å². The van der Waals surface area contributed by atoms with Crippen LogP contribution in [-0.2, 0) is 11.2 Å². The molecule has 0 aromatic heterocycles. The number of hydrogen-bond acceptors (Lipinski definition) is 3. The van der Waals surface area contributed by atoms with Gasteiger partial charge in [0.25, 0.3) is 0 Å². The predicted octanol–water partition coefficient (Wildman–Crippen LogP) is 4.39. The second-order valence-electron chi connectivity index (χ2n) is 4.87. The lowest BCUT2D eigenvalue weighted by atomic mass is 9.98. The maximum absolute atomic E-state index is 12.3. The van der Waals surface area contributed by atoms with Gasteiger partial charge >= 0.3 is 0 Å². The maximum atomic E-state index is 12.3. The first-order valence-electron chi connectivity index (χ1n) is 7.05. The Kier molecular flexibility index (Phi) is 5.76. The highest BCUT2D eigenvalue weighted by Gasteiger charge is 2.13. The van der Waals surface area contributed by atoms with Crippen LogP contribution in [0.5, 0.6) is 0 Å². The molecule has 2 rings (SSSR count). The molecule has 0 radical (unpaired) electrons. The fourth-order valence-electron chi connectivity index (χ4n) is 2.08. The van der Waals surface area contributed by atoms with Crippen LogP contribution in [0.3, 0.4) is 0 Å². The monoisotopic (exact) mass is 298 g/mol. The van der Waals surface area contributed by atoms with E-state index in [-0.39, 0.29) is 11.0 Å². The van der Waals surface area contributed by atoms with Crippen molar-refractivity contribution in [3.05, 3.63) is 65.7 Å². The Balaban J connectivity index is 2.17. The Morgan fingerprint density at radius 3 is 2.43 bits per heavy atom. The van der Waals surface area contributed by atoms with Gasteiger partial charge in [0, 0.05) is 16.4 Å². The van der Waals surface area contributed by atoms with Crippen molar-refractivity contribution in [2.45, 2.75) is 24.7 Å². The zero-order valence-electron chi connectivity index (χ0n) is 12.0. The normalized spacial score (nSPS) is 11.9. The van der Waals surface area contributed by atoms with Gasteiger partial charge < -0.3 is 4.79 Å². The fourth-order valence-corrected chi connectivity index (χ4v) is 2.96. The summed E-state index contributed by atoms with van der Waals surface area (Å²) in [5.74, 6) is 0.0126. The molecular weight excluding hydrogens is 280 g/mol. The van der Waals surface area contributed by atoms with Gasteiger partial charge in [0.15, 0.2) is 0 Å². The van der Waals surface area contributed by atoms with Crippen LogP contribution in [0.15, 0.2) is 59.5 Å². The molecule has 0 heterocycles. The zero-order chi connectivity index (χ0) is 15.1. The summed E-state index contributed by atoms with van der Waals surface area (Å²) in [4.78, 5) is 24.2. The molecule has 2 aromatic carbocycles. The molecule has 0 spiro atoms. The lowest BCUT2D eigenvalue weighted by molar-refractivity contribution is -0.111. The first-order chi connectivity index (χ1) is 10.2. The van der Waals surface area contributed by atoms with Crippen LogP contribution in [0.25, 0.3) is 0 Å². The van der Waals surface area contributed by atoms with E-state index >= 15 is 0 Å². The Hall–Kier alpha value is -1.87. The average Bonchev–Trinajstić information content (AvgIpc) is 2.54. The number of carbonyl (C=O) groups excluding carboxylic acids is 2. The molecule has 0 aliphatic rings. The van der Waals surface area contributed by atoms with E-state index in [1.807, 2.05) is 61.5 Å². The molecule has 21 heavy (non-hydrogen) atoms. The van der Waals surface area contributed by atoms with Gasteiger partial charge in [-0.25, -0.2) is 0 Å². The summed E-state index contributed by atoms with van der Waals surface area (Å²) in [6.45, 7) is 2.00. The van der Waals surface area contributed by atoms with E-state index in [4.69, 9.17) is 0 Å². The third-order valence-electron chi connectivity index (χ3n) is 3.38. The van der Waals surface area contributed by atoms with E-state index in [2.05, 4.69) is 0 Å². The van der Waals surface area contributed by atoms with Crippen LogP contribution in [0.2, 0.25) is 0 Å². The first kappa shape index (κ1) is 15.5. The van der Waals surface area contributed by atoms with Crippen molar-refractivity contribution in [2.75, 3.05) is 0 Å². The molecule has 0 amide bonds. The second kappa shape index (κ2) is 7.79. The minimum atomic E-state index is 0.0126. The Labute approximate surface area is 129 Å². The summed E-state index contributed by atoms with van der Waals surface area (Å²) in [5, 5.41) is 0.0298. The van der Waals surface area contributed by atoms with Crippen LogP contribution in [-0.4, -0.2) is 11.4 Å². The minimum absolute atomic E-state index is 0.0126. The summed E-state index contributed by atoms with van der Waals surface area (Å²) >= 11 is 1.23. The van der Waals surface area contributed by atoms with E-state index in [0.717, 1.165) is 23.2 Å². The van der Waals surface area contributed by atoms with E-state index in [1.165, 1.54) is 11.8 Å². The molecule has 108 valence electrons. The third kappa shape index (κ3) is 4.30. The number of thioether (sulfide) groups is 1. The lowest BCUT2D eigenvalue weighted by Gasteiger charge is -2.11. The van der Waals surface area contributed by atoms with Crippen LogP contribution in [0.4, 0.5) is 0 Å². The molecule has 0 bridgehead atoms. The second-order valence-corrected chi connectivity index (χ2v) is 5.89. The average molecular weight is 298 g/mol. The molecule has 0 saturated heterocycles. The molecule has 3 heteroatoms. The summed E-state index contributed by atoms with van der Waals surface area (Å²) in [6.07, 6.45) is 2.50. The summed E-state index contributed by atoms with van der Waals surface area (Å²) < 4.78 is 0. The largest absolute Gasteiger partial charge is 0.303 e. The molecule has 2 nitrogen and oxygen atoms in total. The van der Waals surface area contributed by atoms with E-state index < -0.39 is 0 Å². The molecule has 0 N–H and O–H groups in total. The van der Waals surface area contributed by atoms with Gasteiger partial charge in [-0.3, -0.25) is 4.79 Å². The SMILES string of the molecule is CCC(C=O)Cc1ccccc1SC(=O)c1ccccc1. The van der Waals surface area contributed by atoms with Crippen molar-refractivity contribution >= 4 is 23.2 Å². The van der Waals surface area contributed by atoms with Crippen LogP contribution >= 0.6 is 11.8 Å². The van der Waals surface area contributed by atoms with E-state index in [0.29, 0.717) is 12.0 Å². The maximum Gasteiger partial charge on any atom is 0.224 e. The molecular formula is C18H18O2S. The highest BCUT2D eigenvalue weighted by atomic mass is 32.2. The lowest BCUT2D eigenvalue weighted by Crippen LogP contribution is -2.06. The molecule has 0 aliphatic carbocycles. The highest BCUT2D eigenvalue weighted by molar-refractivity contribution is 8.14. The summed E-state index contributed by atoms with van der Waals surface area (Å²) in [7, 11) is 0. The number of carbonyl (C=O) groups is 2. The van der Waals surface area contributed by atoms with Gasteiger partial charge in [0.05, 0.1) is 0 Å². The topological polar surface area (TPSA) is 34.1 Å². The minimum Gasteiger partial charge on any atom is -0.303 e. The van der Waals surface area contributed by atoms with E-state index in [9.17, 15) is 9.59 Å². The number of aldehydes is 1. The first-order valence-corrected chi connectivity index (χ1v) is 7.86. The van der Waals surface area contributed by atoms with Crippen molar-refractivity contribution in [1.29, 1.82) is 0 Å². The predicted molar refractivity (Wildman–Crippen MR) is 86.6 cm³/mol. The Morgan fingerprint density at radius 1 is 1.10 bits per heavy atom. The smallest absolute Gasteiger partial charge is 0.224 e. The Bertz CT molecular complexity index is 608. The van der Waals surface area contributed by atoms with Gasteiger partial charge in [-0.1, -0.05) is 55.5 Å². The zero-order valence-corrected chi connectivity index (χ0v) is 12.8. The molecule has 0 saturated carbocycles. The molecule has 1 unspecified atom stereocenters. The third-order valence-corrected chi connectivity index (χ3v) is 4.42. The molecule has 2 aromatic rings.